The average Bonchev–Trinajstić information content (AvgIpc) is 2.21. The third-order valence-electron chi connectivity index (χ3n) is 1.94. The molecule has 0 aliphatic carbocycles. The summed E-state index contributed by atoms with van der Waals surface area (Å²) in [6.07, 6.45) is 0. The molecule has 0 N–H and O–H groups in total. The van der Waals surface area contributed by atoms with Crippen molar-refractivity contribution in [3.05, 3.63) is 0 Å². The van der Waals surface area contributed by atoms with Crippen LogP contribution in [0.4, 0.5) is 0 Å². The Morgan fingerprint density at radius 1 is 1.50 bits per heavy atom. The van der Waals surface area contributed by atoms with E-state index in [9.17, 15) is 4.79 Å². The van der Waals surface area contributed by atoms with Crippen molar-refractivity contribution in [1.82, 2.24) is 4.90 Å². The molecule has 0 fully saturated rings. The largest absolute Gasteiger partial charge is 0.382 e. The number of ether oxygens (including phenoxy) is 2. The highest BCUT2D eigenvalue weighted by molar-refractivity contribution is 6.18. The molecule has 0 saturated carbocycles. The summed E-state index contributed by atoms with van der Waals surface area (Å²) < 4.78 is 9.87. The molecule has 0 aliphatic heterocycles. The summed E-state index contributed by atoms with van der Waals surface area (Å²) >= 11 is 5.62. The summed E-state index contributed by atoms with van der Waals surface area (Å²) in [5.41, 5.74) is 0. The SMILES string of the molecule is COCCOCC(=O)N(C)C(C)CCl. The lowest BCUT2D eigenvalue weighted by Crippen LogP contribution is -2.38. The second-order valence-corrected chi connectivity index (χ2v) is 3.36. The van der Waals surface area contributed by atoms with Crippen LogP contribution < -0.4 is 0 Å². The fraction of sp³-hybridized carbons (Fsp3) is 0.889. The van der Waals surface area contributed by atoms with E-state index in [0.717, 1.165) is 0 Å². The van der Waals surface area contributed by atoms with Gasteiger partial charge < -0.3 is 14.4 Å². The van der Waals surface area contributed by atoms with Crippen LogP contribution in [0, 0.1) is 0 Å². The van der Waals surface area contributed by atoms with Gasteiger partial charge in [-0.1, -0.05) is 0 Å². The second kappa shape index (κ2) is 8.03. The highest BCUT2D eigenvalue weighted by atomic mass is 35.5. The molecule has 1 unspecified atom stereocenters. The lowest BCUT2D eigenvalue weighted by molar-refractivity contribution is -0.136. The Morgan fingerprint density at radius 2 is 2.14 bits per heavy atom. The number of nitrogens with zero attached hydrogens (tertiary/aromatic N) is 1. The zero-order valence-electron chi connectivity index (χ0n) is 8.96. The number of hydrogen-bond acceptors (Lipinski definition) is 3. The molecule has 14 heavy (non-hydrogen) atoms. The van der Waals surface area contributed by atoms with Gasteiger partial charge in [0.15, 0.2) is 0 Å². The van der Waals surface area contributed by atoms with Gasteiger partial charge in [-0.05, 0) is 6.92 Å². The van der Waals surface area contributed by atoms with Crippen molar-refractivity contribution in [3.8, 4) is 0 Å². The molecular weight excluding hydrogens is 206 g/mol. The van der Waals surface area contributed by atoms with Gasteiger partial charge in [-0.2, -0.15) is 0 Å². The highest BCUT2D eigenvalue weighted by Gasteiger charge is 2.14. The smallest absolute Gasteiger partial charge is 0.248 e. The van der Waals surface area contributed by atoms with Crippen molar-refractivity contribution in [1.29, 1.82) is 0 Å². The number of amides is 1. The van der Waals surface area contributed by atoms with E-state index in [1.165, 1.54) is 0 Å². The molecule has 0 saturated heterocycles. The van der Waals surface area contributed by atoms with Crippen LogP contribution in [0.15, 0.2) is 0 Å². The first-order valence-corrected chi connectivity index (χ1v) is 5.05. The maximum atomic E-state index is 11.4. The summed E-state index contributed by atoms with van der Waals surface area (Å²) in [6, 6.07) is 0.0372. The molecule has 84 valence electrons. The number of carbonyl (C=O) groups excluding carboxylic acids is 1. The van der Waals surface area contributed by atoms with E-state index in [1.54, 1.807) is 19.1 Å². The van der Waals surface area contributed by atoms with Gasteiger partial charge in [-0.15, -0.1) is 11.6 Å². The van der Waals surface area contributed by atoms with E-state index in [1.807, 2.05) is 6.92 Å². The molecule has 0 rings (SSSR count). The van der Waals surface area contributed by atoms with Crippen molar-refractivity contribution in [2.75, 3.05) is 39.9 Å². The lowest BCUT2D eigenvalue weighted by atomic mass is 10.3. The molecule has 0 aromatic carbocycles. The van der Waals surface area contributed by atoms with E-state index < -0.39 is 0 Å². The molecule has 0 aliphatic rings. The maximum absolute atomic E-state index is 11.4. The summed E-state index contributed by atoms with van der Waals surface area (Å²) in [6.45, 7) is 2.91. The molecule has 0 spiro atoms. The third kappa shape index (κ3) is 5.42. The Labute approximate surface area is 90.1 Å². The van der Waals surface area contributed by atoms with Gasteiger partial charge in [0.05, 0.1) is 13.2 Å². The zero-order chi connectivity index (χ0) is 11.0. The Hall–Kier alpha value is -0.320. The zero-order valence-corrected chi connectivity index (χ0v) is 9.71. The van der Waals surface area contributed by atoms with Crippen LogP contribution in [-0.4, -0.2) is 56.7 Å². The van der Waals surface area contributed by atoms with E-state index in [4.69, 9.17) is 21.1 Å². The van der Waals surface area contributed by atoms with Crippen LogP contribution in [0.2, 0.25) is 0 Å². The van der Waals surface area contributed by atoms with E-state index in [2.05, 4.69) is 0 Å². The van der Waals surface area contributed by atoms with Gasteiger partial charge in [0.1, 0.15) is 6.61 Å². The van der Waals surface area contributed by atoms with Gasteiger partial charge in [-0.3, -0.25) is 4.79 Å². The molecule has 0 aromatic rings. The number of rotatable bonds is 7. The molecule has 0 heterocycles. The van der Waals surface area contributed by atoms with Crippen LogP contribution in [0.3, 0.4) is 0 Å². The molecule has 1 atom stereocenters. The van der Waals surface area contributed by atoms with Crippen LogP contribution in [-0.2, 0) is 14.3 Å². The van der Waals surface area contributed by atoms with Crippen LogP contribution in [0.1, 0.15) is 6.92 Å². The van der Waals surface area contributed by atoms with Crippen molar-refractivity contribution in [3.63, 3.8) is 0 Å². The summed E-state index contributed by atoms with van der Waals surface area (Å²) in [5.74, 6) is 0.370. The first kappa shape index (κ1) is 13.7. The second-order valence-electron chi connectivity index (χ2n) is 3.05. The Kier molecular flexibility index (Phi) is 7.84. The number of alkyl halides is 1. The third-order valence-corrected chi connectivity index (χ3v) is 2.38. The normalized spacial score (nSPS) is 12.6. The predicted octanol–water partition coefficient (Wildman–Crippen LogP) is 0.735. The van der Waals surface area contributed by atoms with Gasteiger partial charge in [-0.25, -0.2) is 0 Å². The van der Waals surface area contributed by atoms with Gasteiger partial charge in [0, 0.05) is 26.1 Å². The van der Waals surface area contributed by atoms with Crippen molar-refractivity contribution < 1.29 is 14.3 Å². The summed E-state index contributed by atoms with van der Waals surface area (Å²) in [7, 11) is 3.31. The standard InChI is InChI=1S/C9H18ClNO3/c1-8(6-10)11(2)9(12)7-14-5-4-13-3/h8H,4-7H2,1-3H3. The fourth-order valence-electron chi connectivity index (χ4n) is 0.753. The van der Waals surface area contributed by atoms with Crippen LogP contribution >= 0.6 is 11.6 Å². The Morgan fingerprint density at radius 3 is 2.64 bits per heavy atom. The van der Waals surface area contributed by atoms with Gasteiger partial charge in [0.25, 0.3) is 0 Å². The monoisotopic (exact) mass is 223 g/mol. The van der Waals surface area contributed by atoms with Crippen LogP contribution in [0.5, 0.6) is 0 Å². The molecule has 0 aromatic heterocycles. The number of hydrogen-bond donors (Lipinski definition) is 0. The molecule has 5 heteroatoms. The summed E-state index contributed by atoms with van der Waals surface area (Å²) in [5, 5.41) is 0. The number of halogens is 1. The first-order valence-electron chi connectivity index (χ1n) is 4.51. The van der Waals surface area contributed by atoms with Crippen LogP contribution in [0.25, 0.3) is 0 Å². The topological polar surface area (TPSA) is 38.8 Å². The minimum atomic E-state index is -0.0609. The van der Waals surface area contributed by atoms with E-state index in [-0.39, 0.29) is 18.6 Å². The molecular formula is C9H18ClNO3. The van der Waals surface area contributed by atoms with Crippen molar-refractivity contribution in [2.45, 2.75) is 13.0 Å². The van der Waals surface area contributed by atoms with Gasteiger partial charge >= 0.3 is 0 Å². The minimum Gasteiger partial charge on any atom is -0.382 e. The molecule has 0 bridgehead atoms. The Bertz CT molecular complexity index is 166. The molecule has 1 amide bonds. The number of methoxy groups -OCH3 is 1. The number of carbonyl (C=O) groups is 1. The van der Waals surface area contributed by atoms with E-state index in [0.29, 0.717) is 19.1 Å². The number of likely N-dealkylation sites (N-methyl/N-ethyl adjacent to an activating group) is 1. The molecule has 4 nitrogen and oxygen atoms in total. The van der Waals surface area contributed by atoms with Crippen molar-refractivity contribution >= 4 is 17.5 Å². The Balaban J connectivity index is 3.62. The fourth-order valence-corrected chi connectivity index (χ4v) is 0.960. The van der Waals surface area contributed by atoms with Gasteiger partial charge in [0.2, 0.25) is 5.91 Å². The maximum Gasteiger partial charge on any atom is 0.248 e. The average molecular weight is 224 g/mol. The van der Waals surface area contributed by atoms with E-state index >= 15 is 0 Å². The molecule has 0 radical (unpaired) electrons. The van der Waals surface area contributed by atoms with Crippen molar-refractivity contribution in [2.24, 2.45) is 0 Å². The predicted molar refractivity (Wildman–Crippen MR) is 55.6 cm³/mol. The minimum absolute atomic E-state index is 0.0372. The first-order chi connectivity index (χ1) is 6.63. The summed E-state index contributed by atoms with van der Waals surface area (Å²) in [4.78, 5) is 13.0. The lowest BCUT2D eigenvalue weighted by Gasteiger charge is -2.22. The quantitative estimate of drug-likeness (QED) is 0.472. The highest BCUT2D eigenvalue weighted by Crippen LogP contribution is 1.98.